The summed E-state index contributed by atoms with van der Waals surface area (Å²) in [6.45, 7) is 6.67. The van der Waals surface area contributed by atoms with Gasteiger partial charge in [0.05, 0.1) is 5.41 Å². The molecule has 2 bridgehead atoms. The lowest BCUT2D eigenvalue weighted by Gasteiger charge is -2.60. The maximum Gasteiger partial charge on any atom is 0.240 e. The Labute approximate surface area is 79.0 Å². The normalized spacial score (nSPS) is 45.5. The first-order valence-electron chi connectivity index (χ1n) is 4.91. The van der Waals surface area contributed by atoms with Crippen LogP contribution in [0.15, 0.2) is 0 Å². The molecule has 2 unspecified atom stereocenters. The van der Waals surface area contributed by atoms with Crippen molar-refractivity contribution in [3.8, 4) is 0 Å². The molecule has 3 fully saturated rings. The lowest BCUT2D eigenvalue weighted by atomic mass is 9.43. The molecule has 3 aliphatic carbocycles. The van der Waals surface area contributed by atoms with Crippen molar-refractivity contribution in [3.05, 3.63) is 0 Å². The number of hydrogen-bond acceptors (Lipinski definition) is 2. The standard InChI is InChI=1S/C10H18N2O/c1-8(2)9(3)4-5-10(8,6-9)7(13)12-11/h4-6,11H2,1-3H3,(H,12,13). The Bertz CT molecular complexity index is 274. The fourth-order valence-corrected chi connectivity index (χ4v) is 3.49. The van der Waals surface area contributed by atoms with E-state index in [1.54, 1.807) is 0 Å². The molecule has 0 saturated heterocycles. The summed E-state index contributed by atoms with van der Waals surface area (Å²) in [7, 11) is 0. The Kier molecular flexibility index (Phi) is 1.44. The van der Waals surface area contributed by atoms with Crippen molar-refractivity contribution in [2.24, 2.45) is 22.1 Å². The number of rotatable bonds is 1. The molecule has 0 aromatic carbocycles. The van der Waals surface area contributed by atoms with Crippen LogP contribution in [0.4, 0.5) is 0 Å². The minimum Gasteiger partial charge on any atom is -0.294 e. The minimum absolute atomic E-state index is 0.0347. The van der Waals surface area contributed by atoms with Gasteiger partial charge in [0, 0.05) is 0 Å². The Morgan fingerprint density at radius 3 is 2.23 bits per heavy atom. The van der Waals surface area contributed by atoms with Crippen LogP contribution >= 0.6 is 0 Å². The largest absolute Gasteiger partial charge is 0.294 e. The number of hydrogen-bond donors (Lipinski definition) is 2. The Morgan fingerprint density at radius 1 is 1.31 bits per heavy atom. The van der Waals surface area contributed by atoms with Gasteiger partial charge in [0.25, 0.3) is 0 Å². The molecule has 3 heteroatoms. The summed E-state index contributed by atoms with van der Waals surface area (Å²) in [5, 5.41) is 0. The Hall–Kier alpha value is -0.570. The van der Waals surface area contributed by atoms with Gasteiger partial charge in [0.15, 0.2) is 0 Å². The third-order valence-electron chi connectivity index (χ3n) is 5.07. The third kappa shape index (κ3) is 0.688. The molecule has 0 heterocycles. The molecule has 2 atom stereocenters. The molecule has 3 aliphatic rings. The first-order chi connectivity index (χ1) is 5.90. The summed E-state index contributed by atoms with van der Waals surface area (Å²) < 4.78 is 0. The van der Waals surface area contributed by atoms with E-state index in [1.807, 2.05) is 0 Å². The highest BCUT2D eigenvalue weighted by molar-refractivity contribution is 5.85. The molecule has 0 aliphatic heterocycles. The van der Waals surface area contributed by atoms with E-state index >= 15 is 0 Å². The van der Waals surface area contributed by atoms with Crippen LogP contribution < -0.4 is 11.3 Å². The topological polar surface area (TPSA) is 55.1 Å². The molecule has 0 spiro atoms. The van der Waals surface area contributed by atoms with E-state index in [-0.39, 0.29) is 16.7 Å². The second kappa shape index (κ2) is 2.08. The lowest BCUT2D eigenvalue weighted by Crippen LogP contribution is -2.62. The van der Waals surface area contributed by atoms with Gasteiger partial charge < -0.3 is 0 Å². The van der Waals surface area contributed by atoms with Crippen LogP contribution in [0.1, 0.15) is 40.0 Å². The highest BCUT2D eigenvalue weighted by Gasteiger charge is 2.74. The first kappa shape index (κ1) is 9.00. The summed E-state index contributed by atoms with van der Waals surface area (Å²) in [6.07, 6.45) is 3.17. The zero-order chi connectivity index (χ0) is 9.91. The van der Waals surface area contributed by atoms with Crippen LogP contribution in [0.2, 0.25) is 0 Å². The molecule has 1 amide bonds. The SMILES string of the molecule is CC12CCC(C(=O)NN)(C1)C2(C)C. The van der Waals surface area contributed by atoms with Gasteiger partial charge in [0.2, 0.25) is 5.91 Å². The number of nitrogens with two attached hydrogens (primary N) is 1. The zero-order valence-electron chi connectivity index (χ0n) is 8.61. The van der Waals surface area contributed by atoms with E-state index in [0.29, 0.717) is 5.41 Å². The van der Waals surface area contributed by atoms with Crippen LogP contribution in [0.3, 0.4) is 0 Å². The van der Waals surface area contributed by atoms with E-state index in [4.69, 9.17) is 5.84 Å². The second-order valence-corrected chi connectivity index (χ2v) is 5.42. The predicted octanol–water partition coefficient (Wildman–Crippen LogP) is 1.19. The number of amides is 1. The molecular weight excluding hydrogens is 164 g/mol. The highest BCUT2D eigenvalue weighted by Crippen LogP contribution is 2.77. The van der Waals surface area contributed by atoms with E-state index in [2.05, 4.69) is 26.2 Å². The molecule has 3 saturated carbocycles. The monoisotopic (exact) mass is 182 g/mol. The van der Waals surface area contributed by atoms with Crippen LogP contribution in [-0.2, 0) is 4.79 Å². The maximum atomic E-state index is 11.7. The average molecular weight is 182 g/mol. The van der Waals surface area contributed by atoms with Crippen LogP contribution in [0.25, 0.3) is 0 Å². The number of hydrazine groups is 1. The Balaban J connectivity index is 2.35. The van der Waals surface area contributed by atoms with Crippen molar-refractivity contribution in [2.45, 2.75) is 40.0 Å². The molecule has 0 aromatic rings. The predicted molar refractivity (Wildman–Crippen MR) is 50.5 cm³/mol. The molecule has 3 N–H and O–H groups in total. The summed E-state index contributed by atoms with van der Waals surface area (Å²) in [4.78, 5) is 11.7. The number of carbonyl (C=O) groups excluding carboxylic acids is 1. The summed E-state index contributed by atoms with van der Waals surface area (Å²) in [5.41, 5.74) is 2.62. The van der Waals surface area contributed by atoms with Crippen molar-refractivity contribution < 1.29 is 4.79 Å². The first-order valence-corrected chi connectivity index (χ1v) is 4.91. The van der Waals surface area contributed by atoms with Crippen LogP contribution in [-0.4, -0.2) is 5.91 Å². The smallest absolute Gasteiger partial charge is 0.240 e. The third-order valence-corrected chi connectivity index (χ3v) is 5.07. The van der Waals surface area contributed by atoms with Gasteiger partial charge in [-0.05, 0) is 30.1 Å². The van der Waals surface area contributed by atoms with E-state index in [1.165, 1.54) is 0 Å². The summed E-state index contributed by atoms with van der Waals surface area (Å²) in [6, 6.07) is 0. The fourth-order valence-electron chi connectivity index (χ4n) is 3.49. The molecule has 13 heavy (non-hydrogen) atoms. The lowest BCUT2D eigenvalue weighted by molar-refractivity contribution is -0.166. The van der Waals surface area contributed by atoms with Gasteiger partial charge in [-0.15, -0.1) is 0 Å². The number of carbonyl (C=O) groups is 1. The van der Waals surface area contributed by atoms with Gasteiger partial charge in [-0.1, -0.05) is 20.8 Å². The van der Waals surface area contributed by atoms with Crippen molar-refractivity contribution in [2.75, 3.05) is 0 Å². The van der Waals surface area contributed by atoms with E-state index < -0.39 is 0 Å². The molecule has 3 nitrogen and oxygen atoms in total. The second-order valence-electron chi connectivity index (χ2n) is 5.42. The molecule has 74 valence electrons. The quantitative estimate of drug-likeness (QED) is 0.363. The fraction of sp³-hybridized carbons (Fsp3) is 0.900. The highest BCUT2D eigenvalue weighted by atomic mass is 16.2. The van der Waals surface area contributed by atoms with Crippen LogP contribution in [0.5, 0.6) is 0 Å². The van der Waals surface area contributed by atoms with Crippen molar-refractivity contribution in [3.63, 3.8) is 0 Å². The van der Waals surface area contributed by atoms with Crippen molar-refractivity contribution >= 4 is 5.91 Å². The van der Waals surface area contributed by atoms with Gasteiger partial charge in [-0.2, -0.15) is 0 Å². The molecular formula is C10H18N2O. The maximum absolute atomic E-state index is 11.7. The summed E-state index contributed by atoms with van der Waals surface area (Å²) >= 11 is 0. The number of nitrogens with one attached hydrogen (secondary N) is 1. The zero-order valence-corrected chi connectivity index (χ0v) is 8.61. The molecule has 0 aromatic heterocycles. The average Bonchev–Trinajstić information content (AvgIpc) is 2.54. The van der Waals surface area contributed by atoms with Gasteiger partial charge in [-0.25, -0.2) is 5.84 Å². The Morgan fingerprint density at radius 2 is 1.92 bits per heavy atom. The van der Waals surface area contributed by atoms with Crippen LogP contribution in [0, 0.1) is 16.2 Å². The van der Waals surface area contributed by atoms with Gasteiger partial charge >= 0.3 is 0 Å². The molecule has 3 rings (SSSR count). The van der Waals surface area contributed by atoms with Gasteiger partial charge in [0.1, 0.15) is 0 Å². The van der Waals surface area contributed by atoms with Gasteiger partial charge in [-0.3, -0.25) is 10.2 Å². The van der Waals surface area contributed by atoms with E-state index in [0.717, 1.165) is 19.3 Å². The van der Waals surface area contributed by atoms with Crippen molar-refractivity contribution in [1.82, 2.24) is 5.43 Å². The van der Waals surface area contributed by atoms with E-state index in [9.17, 15) is 4.79 Å². The summed E-state index contributed by atoms with van der Waals surface area (Å²) in [5.74, 6) is 5.26. The molecule has 0 radical (unpaired) electrons. The van der Waals surface area contributed by atoms with Crippen molar-refractivity contribution in [1.29, 1.82) is 0 Å². The number of fused-ring (bicyclic) bond motifs is 1. The minimum atomic E-state index is -0.170.